The Kier molecular flexibility index (Phi) is 6.09. The summed E-state index contributed by atoms with van der Waals surface area (Å²) in [5.41, 5.74) is 0.828. The van der Waals surface area contributed by atoms with Gasteiger partial charge in [-0.2, -0.15) is 0 Å². The molecule has 0 aliphatic heterocycles. The SMILES string of the molecule is CCS(=O)(=O)Nc1cc(Cl)cc(NC(=O)c2cc(-c3ncc(F)cc3F)n(C)c2)c1. The predicted octanol–water partition coefficient (Wildman–Crippen LogP) is 4.03. The lowest BCUT2D eigenvalue weighted by Gasteiger charge is -2.10. The van der Waals surface area contributed by atoms with Gasteiger partial charge in [0.25, 0.3) is 5.91 Å². The molecule has 0 aliphatic rings. The second-order valence-corrected chi connectivity index (χ2v) is 8.84. The van der Waals surface area contributed by atoms with Crippen LogP contribution in [-0.2, 0) is 17.1 Å². The van der Waals surface area contributed by atoms with Crippen LogP contribution in [0, 0.1) is 11.6 Å². The monoisotopic (exact) mass is 454 g/mol. The summed E-state index contributed by atoms with van der Waals surface area (Å²) in [5.74, 6) is -2.32. The number of aromatic nitrogens is 2. The predicted molar refractivity (Wildman–Crippen MR) is 111 cm³/mol. The molecule has 3 rings (SSSR count). The van der Waals surface area contributed by atoms with Crippen molar-refractivity contribution in [3.05, 3.63) is 64.9 Å². The van der Waals surface area contributed by atoms with Gasteiger partial charge in [-0.25, -0.2) is 22.2 Å². The molecular formula is C19H17ClF2N4O3S. The van der Waals surface area contributed by atoms with E-state index in [9.17, 15) is 22.0 Å². The van der Waals surface area contributed by atoms with Gasteiger partial charge >= 0.3 is 0 Å². The van der Waals surface area contributed by atoms with Crippen molar-refractivity contribution in [2.24, 2.45) is 7.05 Å². The summed E-state index contributed by atoms with van der Waals surface area (Å²) < 4.78 is 54.5. The minimum absolute atomic E-state index is 0.100. The van der Waals surface area contributed by atoms with Gasteiger partial charge < -0.3 is 9.88 Å². The molecule has 0 saturated heterocycles. The summed E-state index contributed by atoms with van der Waals surface area (Å²) >= 11 is 6.02. The first-order valence-corrected chi connectivity index (χ1v) is 10.7. The van der Waals surface area contributed by atoms with Crippen LogP contribution in [0.3, 0.4) is 0 Å². The van der Waals surface area contributed by atoms with Crippen LogP contribution in [0.1, 0.15) is 17.3 Å². The van der Waals surface area contributed by atoms with Crippen LogP contribution < -0.4 is 10.0 Å². The number of anilines is 2. The van der Waals surface area contributed by atoms with Crippen LogP contribution in [0.25, 0.3) is 11.4 Å². The Balaban J connectivity index is 1.86. The molecule has 7 nitrogen and oxygen atoms in total. The molecule has 2 heterocycles. The molecule has 30 heavy (non-hydrogen) atoms. The van der Waals surface area contributed by atoms with Gasteiger partial charge in [-0.3, -0.25) is 9.52 Å². The molecule has 0 atom stereocenters. The maximum atomic E-state index is 14.0. The van der Waals surface area contributed by atoms with Crippen LogP contribution in [0.4, 0.5) is 20.2 Å². The third-order valence-corrected chi connectivity index (χ3v) is 5.65. The molecule has 3 aromatic rings. The molecule has 0 aliphatic carbocycles. The van der Waals surface area contributed by atoms with Gasteiger partial charge in [-0.05, 0) is 31.2 Å². The lowest BCUT2D eigenvalue weighted by atomic mass is 10.2. The van der Waals surface area contributed by atoms with E-state index in [4.69, 9.17) is 11.6 Å². The van der Waals surface area contributed by atoms with Crippen molar-refractivity contribution in [3.63, 3.8) is 0 Å². The number of amides is 1. The lowest BCUT2D eigenvalue weighted by Crippen LogP contribution is -2.15. The van der Waals surface area contributed by atoms with Crippen LogP contribution in [-0.4, -0.2) is 29.6 Å². The number of carbonyl (C=O) groups is 1. The first kappa shape index (κ1) is 21.7. The third kappa shape index (κ3) is 4.95. The van der Waals surface area contributed by atoms with Crippen LogP contribution in [0.2, 0.25) is 5.02 Å². The zero-order chi connectivity index (χ0) is 22.1. The highest BCUT2D eigenvalue weighted by molar-refractivity contribution is 7.92. The van der Waals surface area contributed by atoms with E-state index in [-0.39, 0.29) is 39.1 Å². The van der Waals surface area contributed by atoms with Crippen molar-refractivity contribution in [3.8, 4) is 11.4 Å². The Hall–Kier alpha value is -2.98. The Morgan fingerprint density at radius 1 is 1.17 bits per heavy atom. The topological polar surface area (TPSA) is 93.1 Å². The minimum Gasteiger partial charge on any atom is -0.348 e. The van der Waals surface area contributed by atoms with Gasteiger partial charge in [-0.15, -0.1) is 0 Å². The van der Waals surface area contributed by atoms with Crippen molar-refractivity contribution in [1.82, 2.24) is 9.55 Å². The Labute approximate surface area is 176 Å². The molecule has 0 unspecified atom stereocenters. The number of halogens is 3. The van der Waals surface area contributed by atoms with Crippen molar-refractivity contribution in [1.29, 1.82) is 0 Å². The number of sulfonamides is 1. The zero-order valence-corrected chi connectivity index (χ0v) is 17.5. The summed E-state index contributed by atoms with van der Waals surface area (Å²) in [6.07, 6.45) is 2.34. The molecule has 0 saturated carbocycles. The smallest absolute Gasteiger partial charge is 0.257 e. The molecule has 0 bridgehead atoms. The van der Waals surface area contributed by atoms with E-state index in [0.717, 1.165) is 6.20 Å². The molecular weight excluding hydrogens is 438 g/mol. The highest BCUT2D eigenvalue weighted by Gasteiger charge is 2.17. The number of carbonyl (C=O) groups excluding carboxylic acids is 1. The van der Waals surface area contributed by atoms with Gasteiger partial charge in [0.05, 0.1) is 28.9 Å². The van der Waals surface area contributed by atoms with Crippen molar-refractivity contribution >= 4 is 38.9 Å². The van der Waals surface area contributed by atoms with Gasteiger partial charge in [-0.1, -0.05) is 11.6 Å². The highest BCUT2D eigenvalue weighted by atomic mass is 35.5. The number of nitrogens with one attached hydrogen (secondary N) is 2. The van der Waals surface area contributed by atoms with Crippen molar-refractivity contribution < 1.29 is 22.0 Å². The number of nitrogens with zero attached hydrogens (tertiary/aromatic N) is 2. The summed E-state index contributed by atoms with van der Waals surface area (Å²) in [4.78, 5) is 16.4. The fourth-order valence-electron chi connectivity index (χ4n) is 2.70. The maximum absolute atomic E-state index is 14.0. The van der Waals surface area contributed by atoms with Crippen LogP contribution in [0.5, 0.6) is 0 Å². The van der Waals surface area contributed by atoms with Gasteiger partial charge in [0.15, 0.2) is 5.82 Å². The molecule has 1 amide bonds. The van der Waals surface area contributed by atoms with E-state index < -0.39 is 27.6 Å². The second-order valence-electron chi connectivity index (χ2n) is 6.40. The largest absolute Gasteiger partial charge is 0.348 e. The standard InChI is InChI=1S/C19H17ClF2N4O3S/c1-3-30(28,29)25-15-6-12(20)5-14(8-15)24-19(27)11-4-17(26(2)10-11)18-16(22)7-13(21)9-23-18/h4-10,25H,3H2,1-2H3,(H,24,27). The summed E-state index contributed by atoms with van der Waals surface area (Å²) in [5, 5.41) is 2.83. The summed E-state index contributed by atoms with van der Waals surface area (Å²) in [6.45, 7) is 1.49. The van der Waals surface area contributed by atoms with Crippen LogP contribution >= 0.6 is 11.6 Å². The average Bonchev–Trinajstić information content (AvgIpc) is 3.02. The number of rotatable bonds is 6. The molecule has 0 radical (unpaired) electrons. The molecule has 11 heteroatoms. The van der Waals surface area contributed by atoms with E-state index in [1.165, 1.54) is 42.0 Å². The zero-order valence-electron chi connectivity index (χ0n) is 15.9. The van der Waals surface area contributed by atoms with Gasteiger partial charge in [0.2, 0.25) is 10.0 Å². The van der Waals surface area contributed by atoms with E-state index in [1.54, 1.807) is 7.05 Å². The van der Waals surface area contributed by atoms with Crippen molar-refractivity contribution in [2.45, 2.75) is 6.92 Å². The molecule has 0 spiro atoms. The molecule has 1 aromatic carbocycles. The van der Waals surface area contributed by atoms with E-state index in [1.807, 2.05) is 0 Å². The Bertz CT molecular complexity index is 1230. The second kappa shape index (κ2) is 8.41. The average molecular weight is 455 g/mol. The first-order chi connectivity index (χ1) is 14.1. The Morgan fingerprint density at radius 2 is 1.87 bits per heavy atom. The molecule has 2 aromatic heterocycles. The third-order valence-electron chi connectivity index (χ3n) is 4.13. The Morgan fingerprint density at radius 3 is 2.53 bits per heavy atom. The number of hydrogen-bond donors (Lipinski definition) is 2. The summed E-state index contributed by atoms with van der Waals surface area (Å²) in [6, 6.07) is 6.40. The normalized spacial score (nSPS) is 11.4. The quantitative estimate of drug-likeness (QED) is 0.588. The number of aryl methyl sites for hydroxylation is 1. The number of pyridine rings is 1. The van der Waals surface area contributed by atoms with E-state index in [0.29, 0.717) is 6.07 Å². The van der Waals surface area contributed by atoms with Crippen LogP contribution in [0.15, 0.2) is 42.7 Å². The lowest BCUT2D eigenvalue weighted by molar-refractivity contribution is 0.102. The molecule has 2 N–H and O–H groups in total. The highest BCUT2D eigenvalue weighted by Crippen LogP contribution is 2.26. The number of hydrogen-bond acceptors (Lipinski definition) is 4. The first-order valence-electron chi connectivity index (χ1n) is 8.68. The van der Waals surface area contributed by atoms with Crippen molar-refractivity contribution in [2.75, 3.05) is 15.8 Å². The van der Waals surface area contributed by atoms with E-state index >= 15 is 0 Å². The fourth-order valence-corrected chi connectivity index (χ4v) is 3.56. The van der Waals surface area contributed by atoms with E-state index in [2.05, 4.69) is 15.0 Å². The molecule has 158 valence electrons. The van der Waals surface area contributed by atoms with Gasteiger partial charge in [0, 0.05) is 30.0 Å². The molecule has 0 fully saturated rings. The summed E-state index contributed by atoms with van der Waals surface area (Å²) in [7, 11) is -1.93. The fraction of sp³-hybridized carbons (Fsp3) is 0.158. The minimum atomic E-state index is -3.52. The van der Waals surface area contributed by atoms with Gasteiger partial charge in [0.1, 0.15) is 11.5 Å². The number of benzene rings is 1. The maximum Gasteiger partial charge on any atom is 0.257 e.